The monoisotopic (exact) mass is 508 g/mol. The maximum Gasteiger partial charge on any atom is 0.410 e. The second-order valence-corrected chi connectivity index (χ2v) is 16.5. The number of amides is 2. The van der Waals surface area contributed by atoms with Crippen molar-refractivity contribution in [3.05, 3.63) is 65.7 Å². The molecular formula is C29H40N2O4Si. The average Bonchev–Trinajstić information content (AvgIpc) is 3.61. The van der Waals surface area contributed by atoms with Crippen molar-refractivity contribution >= 4 is 26.0 Å². The molecule has 4 rings (SSSR count). The van der Waals surface area contributed by atoms with E-state index in [-0.39, 0.29) is 23.7 Å². The molecule has 0 radical (unpaired) electrons. The number of likely N-dealkylation sites (N-methyl/N-ethyl adjacent to an activating group) is 1. The molecule has 2 aromatic carbocycles. The molecule has 0 N–H and O–H groups in total. The molecule has 0 spiro atoms. The van der Waals surface area contributed by atoms with Crippen LogP contribution in [0.15, 0.2) is 54.6 Å². The molecule has 1 aliphatic carbocycles. The molecule has 0 aromatic heterocycles. The lowest BCUT2D eigenvalue weighted by Crippen LogP contribution is -2.47. The number of ether oxygens (including phenoxy) is 1. The molecule has 6 nitrogen and oxygen atoms in total. The molecule has 2 aromatic rings. The third-order valence-electron chi connectivity index (χ3n) is 7.91. The van der Waals surface area contributed by atoms with Crippen LogP contribution in [0, 0.1) is 0 Å². The molecule has 0 bridgehead atoms. The molecular weight excluding hydrogens is 468 g/mol. The fraction of sp³-hybridized carbons (Fsp3) is 0.517. The molecule has 7 heteroatoms. The van der Waals surface area contributed by atoms with E-state index in [1.165, 1.54) is 18.4 Å². The minimum atomic E-state index is -2.08. The van der Waals surface area contributed by atoms with Gasteiger partial charge >= 0.3 is 6.09 Å². The first-order valence-electron chi connectivity index (χ1n) is 13.0. The number of benzene rings is 2. The Labute approximate surface area is 216 Å². The Bertz CT molecular complexity index is 1060. The first kappa shape index (κ1) is 26.4. The highest BCUT2D eigenvalue weighted by Gasteiger charge is 2.46. The Kier molecular flexibility index (Phi) is 7.62. The molecule has 2 fully saturated rings. The van der Waals surface area contributed by atoms with Gasteiger partial charge in [-0.2, -0.15) is 0 Å². The zero-order valence-electron chi connectivity index (χ0n) is 22.5. The summed E-state index contributed by atoms with van der Waals surface area (Å²) in [6, 6.07) is 17.2. The second kappa shape index (κ2) is 10.4. The van der Waals surface area contributed by atoms with Crippen molar-refractivity contribution in [2.24, 2.45) is 0 Å². The molecule has 2 atom stereocenters. The van der Waals surface area contributed by atoms with E-state index in [2.05, 4.69) is 46.0 Å². The lowest BCUT2D eigenvalue weighted by molar-refractivity contribution is -0.122. The van der Waals surface area contributed by atoms with Gasteiger partial charge in [-0.05, 0) is 60.2 Å². The van der Waals surface area contributed by atoms with E-state index in [9.17, 15) is 9.59 Å². The zero-order chi connectivity index (χ0) is 26.1. The third kappa shape index (κ3) is 6.01. The highest BCUT2D eigenvalue weighted by molar-refractivity contribution is 6.74. The van der Waals surface area contributed by atoms with Gasteiger partial charge in [0, 0.05) is 25.7 Å². The highest BCUT2D eigenvalue weighted by Crippen LogP contribution is 2.41. The van der Waals surface area contributed by atoms with E-state index in [1.807, 2.05) is 42.5 Å². The SMILES string of the molecule is CN(C(=O)[C@H]1C[C@H](O[Si](C)(C)C(C)(C)C)CN1C(=O)OCc1ccccc1)c1ccc(C2CC2)cc1. The van der Waals surface area contributed by atoms with Crippen LogP contribution < -0.4 is 4.90 Å². The second-order valence-electron chi connectivity index (χ2n) is 11.7. The van der Waals surface area contributed by atoms with Gasteiger partial charge in [-0.15, -0.1) is 0 Å². The van der Waals surface area contributed by atoms with Crippen LogP contribution in [-0.4, -0.2) is 51.0 Å². The molecule has 0 unspecified atom stereocenters. The minimum absolute atomic E-state index is 0.0356. The predicted octanol–water partition coefficient (Wildman–Crippen LogP) is 6.33. The van der Waals surface area contributed by atoms with E-state index in [4.69, 9.17) is 9.16 Å². The normalized spacial score (nSPS) is 20.3. The molecule has 2 aliphatic rings. The van der Waals surface area contributed by atoms with E-state index >= 15 is 0 Å². The van der Waals surface area contributed by atoms with Crippen molar-refractivity contribution in [3.8, 4) is 0 Å². The van der Waals surface area contributed by atoms with Gasteiger partial charge in [-0.1, -0.05) is 63.2 Å². The summed E-state index contributed by atoms with van der Waals surface area (Å²) in [6.45, 7) is 11.5. The van der Waals surface area contributed by atoms with Gasteiger partial charge in [0.05, 0.1) is 6.10 Å². The van der Waals surface area contributed by atoms with Crippen LogP contribution in [0.1, 0.15) is 57.1 Å². The van der Waals surface area contributed by atoms with Crippen LogP contribution in [0.2, 0.25) is 18.1 Å². The number of anilines is 1. The molecule has 1 heterocycles. The summed E-state index contributed by atoms with van der Waals surface area (Å²) >= 11 is 0. The predicted molar refractivity (Wildman–Crippen MR) is 146 cm³/mol. The van der Waals surface area contributed by atoms with Gasteiger partial charge in [0.1, 0.15) is 12.6 Å². The highest BCUT2D eigenvalue weighted by atomic mass is 28.4. The Morgan fingerprint density at radius 2 is 1.67 bits per heavy atom. The summed E-state index contributed by atoms with van der Waals surface area (Å²) in [5.41, 5.74) is 3.07. The van der Waals surface area contributed by atoms with E-state index in [0.29, 0.717) is 18.9 Å². The largest absolute Gasteiger partial charge is 0.445 e. The fourth-order valence-corrected chi connectivity index (χ4v) is 5.81. The van der Waals surface area contributed by atoms with Crippen molar-refractivity contribution in [3.63, 3.8) is 0 Å². The minimum Gasteiger partial charge on any atom is -0.445 e. The van der Waals surface area contributed by atoms with Gasteiger partial charge in [0.25, 0.3) is 0 Å². The Morgan fingerprint density at radius 1 is 1.03 bits per heavy atom. The Balaban J connectivity index is 1.50. The fourth-order valence-electron chi connectivity index (χ4n) is 4.45. The van der Waals surface area contributed by atoms with Gasteiger partial charge in [-0.25, -0.2) is 4.79 Å². The number of carbonyl (C=O) groups excluding carboxylic acids is 2. The summed E-state index contributed by atoms with van der Waals surface area (Å²) < 4.78 is 12.3. The third-order valence-corrected chi connectivity index (χ3v) is 12.4. The standard InChI is InChI=1S/C29H40N2O4Si/c1-29(2,3)36(5,6)35-25-18-26(31(19-25)28(33)34-20-21-10-8-7-9-11-21)27(32)30(4)24-16-14-23(15-17-24)22-12-13-22/h7-11,14-17,22,25-26H,12-13,18-20H2,1-6H3/t25-,26+/m0/s1. The van der Waals surface area contributed by atoms with Crippen LogP contribution in [-0.2, 0) is 20.6 Å². The lowest BCUT2D eigenvalue weighted by atomic mass is 10.1. The summed E-state index contributed by atoms with van der Waals surface area (Å²) in [4.78, 5) is 30.2. The van der Waals surface area contributed by atoms with Gasteiger partial charge in [0.15, 0.2) is 8.32 Å². The number of hydrogen-bond donors (Lipinski definition) is 0. The van der Waals surface area contributed by atoms with Crippen molar-refractivity contribution in [1.82, 2.24) is 4.90 Å². The van der Waals surface area contributed by atoms with Crippen LogP contribution >= 0.6 is 0 Å². The maximum absolute atomic E-state index is 13.7. The van der Waals surface area contributed by atoms with Crippen LogP contribution in [0.5, 0.6) is 0 Å². The number of rotatable bonds is 7. The Morgan fingerprint density at radius 3 is 2.25 bits per heavy atom. The van der Waals surface area contributed by atoms with Crippen LogP contribution in [0.4, 0.5) is 10.5 Å². The summed E-state index contributed by atoms with van der Waals surface area (Å²) in [5.74, 6) is 0.546. The van der Waals surface area contributed by atoms with Crippen molar-refractivity contribution < 1.29 is 18.8 Å². The number of hydrogen-bond acceptors (Lipinski definition) is 4. The molecule has 36 heavy (non-hydrogen) atoms. The Hall–Kier alpha value is -2.64. The molecule has 1 saturated heterocycles. The van der Waals surface area contributed by atoms with E-state index in [1.54, 1.807) is 16.8 Å². The molecule has 1 saturated carbocycles. The first-order valence-corrected chi connectivity index (χ1v) is 15.9. The molecule has 194 valence electrons. The smallest absolute Gasteiger partial charge is 0.410 e. The summed E-state index contributed by atoms with van der Waals surface area (Å²) in [6.07, 6.45) is 2.28. The van der Waals surface area contributed by atoms with Crippen LogP contribution in [0.3, 0.4) is 0 Å². The van der Waals surface area contributed by atoms with Crippen molar-refractivity contribution in [1.29, 1.82) is 0 Å². The molecule has 1 aliphatic heterocycles. The van der Waals surface area contributed by atoms with Gasteiger partial charge < -0.3 is 14.1 Å². The van der Waals surface area contributed by atoms with Crippen molar-refractivity contribution in [2.75, 3.05) is 18.5 Å². The van der Waals surface area contributed by atoms with Crippen molar-refractivity contribution in [2.45, 2.75) is 82.8 Å². The quantitative estimate of drug-likeness (QED) is 0.410. The summed E-state index contributed by atoms with van der Waals surface area (Å²) in [5, 5.41) is 0.0356. The van der Waals surface area contributed by atoms with E-state index < -0.39 is 20.5 Å². The molecule has 2 amide bonds. The maximum atomic E-state index is 13.7. The number of likely N-dealkylation sites (tertiary alicyclic amines) is 1. The number of nitrogens with zero attached hydrogens (tertiary/aromatic N) is 2. The van der Waals surface area contributed by atoms with Crippen LogP contribution in [0.25, 0.3) is 0 Å². The summed E-state index contributed by atoms with van der Waals surface area (Å²) in [7, 11) is -0.294. The van der Waals surface area contributed by atoms with Gasteiger partial charge in [0.2, 0.25) is 5.91 Å². The number of carbonyl (C=O) groups is 2. The topological polar surface area (TPSA) is 59.1 Å². The first-order chi connectivity index (χ1) is 17.0. The zero-order valence-corrected chi connectivity index (χ0v) is 23.5. The average molecular weight is 509 g/mol. The van der Waals surface area contributed by atoms with Gasteiger partial charge in [-0.3, -0.25) is 9.69 Å². The lowest BCUT2D eigenvalue weighted by Gasteiger charge is -2.38. The van der Waals surface area contributed by atoms with E-state index in [0.717, 1.165) is 11.3 Å².